The van der Waals surface area contributed by atoms with Crippen LogP contribution >= 0.6 is 0 Å². The molecule has 1 N–H and O–H groups in total. The maximum absolute atomic E-state index is 4.67. The molecule has 2 aliphatic rings. The van der Waals surface area contributed by atoms with E-state index < -0.39 is 0 Å². The Bertz CT molecular complexity index is 992. The summed E-state index contributed by atoms with van der Waals surface area (Å²) in [6, 6.07) is 14.8. The number of pyridine rings is 1. The molecule has 1 aromatic carbocycles. The number of anilines is 2. The largest absolute Gasteiger partial charge is 0.369 e. The number of piperazine rings is 1. The zero-order valence-corrected chi connectivity index (χ0v) is 18.2. The molecule has 2 fully saturated rings. The molecule has 1 saturated carbocycles. The maximum atomic E-state index is 4.67. The van der Waals surface area contributed by atoms with Crippen LogP contribution in [-0.4, -0.2) is 52.6 Å². The van der Waals surface area contributed by atoms with Crippen molar-refractivity contribution < 1.29 is 0 Å². The lowest BCUT2D eigenvalue weighted by Gasteiger charge is -2.36. The number of aryl methyl sites for hydroxylation is 1. The van der Waals surface area contributed by atoms with Gasteiger partial charge in [-0.3, -0.25) is 9.88 Å². The van der Waals surface area contributed by atoms with Crippen LogP contribution < -0.4 is 10.2 Å². The van der Waals surface area contributed by atoms with E-state index in [4.69, 9.17) is 0 Å². The summed E-state index contributed by atoms with van der Waals surface area (Å²) in [6.07, 6.45) is 6.43. The van der Waals surface area contributed by atoms with Crippen LogP contribution in [0.15, 0.2) is 54.9 Å². The highest BCUT2D eigenvalue weighted by Gasteiger charge is 2.26. The van der Waals surface area contributed by atoms with E-state index in [0.29, 0.717) is 5.82 Å². The lowest BCUT2D eigenvalue weighted by Crippen LogP contribution is -2.47. The smallest absolute Gasteiger partial charge is 0.163 e. The van der Waals surface area contributed by atoms with Gasteiger partial charge in [-0.15, -0.1) is 0 Å². The second-order valence-electron chi connectivity index (χ2n) is 8.71. The third kappa shape index (κ3) is 5.20. The van der Waals surface area contributed by atoms with Crippen molar-refractivity contribution in [2.45, 2.75) is 26.3 Å². The topological polar surface area (TPSA) is 57.2 Å². The van der Waals surface area contributed by atoms with Gasteiger partial charge in [0.2, 0.25) is 0 Å². The highest BCUT2D eigenvalue weighted by molar-refractivity contribution is 5.56. The van der Waals surface area contributed by atoms with Gasteiger partial charge in [0, 0.05) is 74.7 Å². The second kappa shape index (κ2) is 9.02. The Kier molecular flexibility index (Phi) is 5.80. The molecular weight excluding hydrogens is 384 g/mol. The first-order valence-electron chi connectivity index (χ1n) is 11.3. The second-order valence-corrected chi connectivity index (χ2v) is 8.71. The van der Waals surface area contributed by atoms with Crippen molar-refractivity contribution in [2.24, 2.45) is 5.92 Å². The SMILES string of the molecule is Cc1cc(NCc2ccc(N3CCN(CC4CC4)CC3)cc2)nc(-c2cccnc2)n1. The number of aromatic nitrogens is 3. The summed E-state index contributed by atoms with van der Waals surface area (Å²) < 4.78 is 0. The molecule has 0 amide bonds. The van der Waals surface area contributed by atoms with Crippen molar-refractivity contribution >= 4 is 11.5 Å². The lowest BCUT2D eigenvalue weighted by atomic mass is 10.1. The van der Waals surface area contributed by atoms with Crippen molar-refractivity contribution in [3.8, 4) is 11.4 Å². The van der Waals surface area contributed by atoms with Crippen LogP contribution in [0.3, 0.4) is 0 Å². The first kappa shape index (κ1) is 19.9. The zero-order chi connectivity index (χ0) is 21.0. The Labute approximate surface area is 184 Å². The van der Waals surface area contributed by atoms with Crippen molar-refractivity contribution in [2.75, 3.05) is 42.9 Å². The van der Waals surface area contributed by atoms with Crippen LogP contribution in [0.1, 0.15) is 24.1 Å². The minimum Gasteiger partial charge on any atom is -0.369 e. The Morgan fingerprint density at radius 2 is 1.81 bits per heavy atom. The van der Waals surface area contributed by atoms with Crippen molar-refractivity contribution in [1.82, 2.24) is 19.9 Å². The Morgan fingerprint density at radius 1 is 1.00 bits per heavy atom. The standard InChI is InChI=1S/C25H30N6/c1-19-15-24(29-25(28-19)22-3-2-10-26-17-22)27-16-20-6-8-23(9-7-20)31-13-11-30(12-14-31)18-21-4-5-21/h2-3,6-10,15,17,21H,4-5,11-14,16,18H2,1H3,(H,27,28,29). The van der Waals surface area contributed by atoms with Crippen LogP contribution in [0.2, 0.25) is 0 Å². The Balaban J connectivity index is 1.17. The summed E-state index contributed by atoms with van der Waals surface area (Å²) in [4.78, 5) is 18.5. The first-order valence-corrected chi connectivity index (χ1v) is 11.3. The van der Waals surface area contributed by atoms with Gasteiger partial charge in [-0.25, -0.2) is 9.97 Å². The number of rotatable bonds is 7. The predicted octanol–water partition coefficient (Wildman–Crippen LogP) is 3.99. The maximum Gasteiger partial charge on any atom is 0.163 e. The minimum absolute atomic E-state index is 0.701. The monoisotopic (exact) mass is 414 g/mol. The third-order valence-electron chi connectivity index (χ3n) is 6.13. The van der Waals surface area contributed by atoms with Crippen LogP contribution in [0.5, 0.6) is 0 Å². The number of hydrogen-bond donors (Lipinski definition) is 1. The van der Waals surface area contributed by atoms with Crippen LogP contribution in [0, 0.1) is 12.8 Å². The van der Waals surface area contributed by atoms with Gasteiger partial charge in [-0.05, 0) is 55.5 Å². The van der Waals surface area contributed by atoms with Crippen molar-refractivity contribution in [3.05, 3.63) is 66.1 Å². The van der Waals surface area contributed by atoms with E-state index in [1.807, 2.05) is 25.1 Å². The Hall–Kier alpha value is -2.99. The van der Waals surface area contributed by atoms with Gasteiger partial charge in [0.15, 0.2) is 5.82 Å². The molecule has 0 bridgehead atoms. The van der Waals surface area contributed by atoms with Crippen LogP contribution in [0.25, 0.3) is 11.4 Å². The molecule has 0 radical (unpaired) electrons. The number of benzene rings is 1. The van der Waals surface area contributed by atoms with Gasteiger partial charge in [-0.2, -0.15) is 0 Å². The molecule has 160 valence electrons. The first-order chi connectivity index (χ1) is 15.2. The van der Waals surface area contributed by atoms with E-state index in [9.17, 15) is 0 Å². The fourth-order valence-corrected chi connectivity index (χ4v) is 4.15. The highest BCUT2D eigenvalue weighted by Crippen LogP contribution is 2.30. The summed E-state index contributed by atoms with van der Waals surface area (Å²) in [5, 5.41) is 3.45. The van der Waals surface area contributed by atoms with Gasteiger partial charge in [-0.1, -0.05) is 12.1 Å². The van der Waals surface area contributed by atoms with E-state index in [2.05, 4.69) is 54.3 Å². The molecule has 1 aliphatic heterocycles. The molecule has 2 aromatic heterocycles. The predicted molar refractivity (Wildman–Crippen MR) is 125 cm³/mol. The molecule has 1 saturated heterocycles. The summed E-state index contributed by atoms with van der Waals surface area (Å²) in [5.74, 6) is 2.52. The van der Waals surface area contributed by atoms with Crippen LogP contribution in [0.4, 0.5) is 11.5 Å². The number of nitrogens with one attached hydrogen (secondary N) is 1. The average Bonchev–Trinajstić information content (AvgIpc) is 3.63. The molecule has 0 unspecified atom stereocenters. The molecule has 6 heteroatoms. The summed E-state index contributed by atoms with van der Waals surface area (Å²) >= 11 is 0. The van der Waals surface area contributed by atoms with Gasteiger partial charge in [0.05, 0.1) is 0 Å². The minimum atomic E-state index is 0.701. The van der Waals surface area contributed by atoms with Gasteiger partial charge in [0.25, 0.3) is 0 Å². The third-order valence-corrected chi connectivity index (χ3v) is 6.13. The summed E-state index contributed by atoms with van der Waals surface area (Å²) in [7, 11) is 0. The van der Waals surface area contributed by atoms with E-state index >= 15 is 0 Å². The van der Waals surface area contributed by atoms with Crippen molar-refractivity contribution in [1.29, 1.82) is 0 Å². The molecular formula is C25H30N6. The average molecular weight is 415 g/mol. The van der Waals surface area contributed by atoms with Gasteiger partial charge < -0.3 is 10.2 Å². The fraction of sp³-hybridized carbons (Fsp3) is 0.400. The molecule has 0 spiro atoms. The molecule has 0 atom stereocenters. The molecule has 1 aliphatic carbocycles. The number of nitrogens with zero attached hydrogens (tertiary/aromatic N) is 5. The molecule has 5 rings (SSSR count). The van der Waals surface area contributed by atoms with Crippen LogP contribution in [-0.2, 0) is 6.54 Å². The van der Waals surface area contributed by atoms with Gasteiger partial charge in [0.1, 0.15) is 5.82 Å². The number of hydrogen-bond acceptors (Lipinski definition) is 6. The summed E-state index contributed by atoms with van der Waals surface area (Å²) in [6.45, 7) is 8.66. The molecule has 31 heavy (non-hydrogen) atoms. The van der Waals surface area contributed by atoms with E-state index in [-0.39, 0.29) is 0 Å². The van der Waals surface area contributed by atoms with Crippen molar-refractivity contribution in [3.63, 3.8) is 0 Å². The van der Waals surface area contributed by atoms with E-state index in [0.717, 1.165) is 42.6 Å². The highest BCUT2D eigenvalue weighted by atomic mass is 15.3. The molecule has 3 aromatic rings. The molecule has 6 nitrogen and oxygen atoms in total. The van der Waals surface area contributed by atoms with E-state index in [1.54, 1.807) is 12.4 Å². The quantitative estimate of drug-likeness (QED) is 0.631. The van der Waals surface area contributed by atoms with E-state index in [1.165, 1.54) is 43.7 Å². The summed E-state index contributed by atoms with van der Waals surface area (Å²) in [5.41, 5.74) is 4.44. The lowest BCUT2D eigenvalue weighted by molar-refractivity contribution is 0.248. The zero-order valence-electron chi connectivity index (χ0n) is 18.2. The fourth-order valence-electron chi connectivity index (χ4n) is 4.15. The van der Waals surface area contributed by atoms with Gasteiger partial charge >= 0.3 is 0 Å². The normalized spacial score (nSPS) is 17.0. The molecule has 3 heterocycles. The Morgan fingerprint density at radius 3 is 2.52 bits per heavy atom.